The molecule has 132 valence electrons. The maximum atomic E-state index is 12.0. The van der Waals surface area contributed by atoms with Crippen LogP contribution in [-0.2, 0) is 4.79 Å². The lowest BCUT2D eigenvalue weighted by Gasteiger charge is -2.57. The van der Waals surface area contributed by atoms with Crippen LogP contribution in [-0.4, -0.2) is 22.3 Å². The van der Waals surface area contributed by atoms with Crippen LogP contribution in [0.1, 0.15) is 72.6 Å². The van der Waals surface area contributed by atoms with Crippen LogP contribution in [0.2, 0.25) is 0 Å². The second kappa shape index (κ2) is 6.58. The van der Waals surface area contributed by atoms with Gasteiger partial charge >= 0.3 is 5.97 Å². The normalized spacial score (nSPS) is 40.3. The number of aliphatic hydroxyl groups is 1. The largest absolute Gasteiger partial charge is 0.481 e. The van der Waals surface area contributed by atoms with Crippen molar-refractivity contribution in [2.75, 3.05) is 0 Å². The molecule has 0 heterocycles. The minimum Gasteiger partial charge on any atom is -0.481 e. The number of rotatable bonds is 5. The lowest BCUT2D eigenvalue weighted by molar-refractivity contribution is -0.164. The molecule has 0 aromatic carbocycles. The third-order valence-corrected chi connectivity index (χ3v) is 7.29. The Morgan fingerprint density at radius 3 is 2.61 bits per heavy atom. The van der Waals surface area contributed by atoms with E-state index in [2.05, 4.69) is 27.4 Å². The van der Waals surface area contributed by atoms with Crippen molar-refractivity contribution >= 4 is 5.97 Å². The van der Waals surface area contributed by atoms with Gasteiger partial charge in [-0.1, -0.05) is 45.8 Å². The summed E-state index contributed by atoms with van der Waals surface area (Å²) < 4.78 is 0. The summed E-state index contributed by atoms with van der Waals surface area (Å²) in [5.74, 6) is 0.0495. The monoisotopic (exact) mass is 322 g/mol. The lowest BCUT2D eigenvalue weighted by Crippen LogP contribution is -2.54. The summed E-state index contributed by atoms with van der Waals surface area (Å²) in [6.07, 6.45) is 5.99. The average Bonchev–Trinajstić information content (AvgIpc) is 2.49. The minimum absolute atomic E-state index is 0.0465. The first-order chi connectivity index (χ1) is 10.7. The van der Waals surface area contributed by atoms with E-state index >= 15 is 0 Å². The molecule has 3 heteroatoms. The van der Waals surface area contributed by atoms with Crippen LogP contribution in [0.3, 0.4) is 0 Å². The van der Waals surface area contributed by atoms with Crippen molar-refractivity contribution in [2.45, 2.75) is 78.7 Å². The second-order valence-electron chi connectivity index (χ2n) is 8.57. The Kier molecular flexibility index (Phi) is 5.30. The summed E-state index contributed by atoms with van der Waals surface area (Å²) in [4.78, 5) is 12.0. The zero-order valence-electron chi connectivity index (χ0n) is 15.3. The van der Waals surface area contributed by atoms with Crippen molar-refractivity contribution in [3.63, 3.8) is 0 Å². The molecular formula is C20H34O3. The highest BCUT2D eigenvalue weighted by Crippen LogP contribution is 2.62. The Bertz CT molecular complexity index is 472. The van der Waals surface area contributed by atoms with Crippen molar-refractivity contribution in [3.8, 4) is 0 Å². The van der Waals surface area contributed by atoms with Crippen LogP contribution < -0.4 is 0 Å². The van der Waals surface area contributed by atoms with E-state index in [0.29, 0.717) is 0 Å². The highest BCUT2D eigenvalue weighted by atomic mass is 16.4. The molecule has 0 bridgehead atoms. The van der Waals surface area contributed by atoms with Crippen LogP contribution >= 0.6 is 0 Å². The Labute approximate surface area is 141 Å². The van der Waals surface area contributed by atoms with Crippen LogP contribution in [0.4, 0.5) is 0 Å². The van der Waals surface area contributed by atoms with E-state index < -0.39 is 11.4 Å². The van der Waals surface area contributed by atoms with Crippen LogP contribution in [0.15, 0.2) is 12.2 Å². The second-order valence-corrected chi connectivity index (χ2v) is 8.57. The van der Waals surface area contributed by atoms with Gasteiger partial charge in [0, 0.05) is 0 Å². The highest BCUT2D eigenvalue weighted by molar-refractivity contribution is 5.75. The van der Waals surface area contributed by atoms with Crippen LogP contribution in [0.5, 0.6) is 0 Å². The van der Waals surface area contributed by atoms with Gasteiger partial charge in [-0.05, 0) is 62.2 Å². The quantitative estimate of drug-likeness (QED) is 0.725. The molecule has 2 rings (SSSR count). The van der Waals surface area contributed by atoms with E-state index in [1.54, 1.807) is 0 Å². The summed E-state index contributed by atoms with van der Waals surface area (Å²) >= 11 is 0. The molecule has 2 aliphatic rings. The lowest BCUT2D eigenvalue weighted by atomic mass is 9.46. The molecule has 0 aliphatic heterocycles. The van der Waals surface area contributed by atoms with Crippen molar-refractivity contribution < 1.29 is 15.0 Å². The number of hydrogen-bond acceptors (Lipinski definition) is 2. The summed E-state index contributed by atoms with van der Waals surface area (Å²) in [7, 11) is 0. The molecule has 2 N–H and O–H groups in total. The number of carboxylic acid groups (broad SMARTS) is 1. The number of carboxylic acids is 1. The molecule has 2 aliphatic carbocycles. The summed E-state index contributed by atoms with van der Waals surface area (Å²) in [5.41, 5.74) is 0.545. The zero-order valence-corrected chi connectivity index (χ0v) is 15.3. The fourth-order valence-electron chi connectivity index (χ4n) is 5.39. The third kappa shape index (κ3) is 3.09. The number of allylic oxidation sites excluding steroid dienone is 1. The number of fused-ring (bicyclic) bond motifs is 1. The number of aliphatic hydroxyl groups excluding tert-OH is 1. The molecule has 3 nitrogen and oxygen atoms in total. The smallest absolute Gasteiger partial charge is 0.309 e. The van der Waals surface area contributed by atoms with E-state index in [9.17, 15) is 15.0 Å². The topological polar surface area (TPSA) is 57.5 Å². The van der Waals surface area contributed by atoms with E-state index in [0.717, 1.165) is 44.9 Å². The van der Waals surface area contributed by atoms with Gasteiger partial charge in [-0.15, -0.1) is 0 Å². The molecule has 0 saturated heterocycles. The molecule has 23 heavy (non-hydrogen) atoms. The SMILES string of the molecule is C=C1CC[C@@H]2[C@](C)(CCC[C@]2(C)C(=O)O)[C@H]1CC(O)[C@@H](C)CC. The molecule has 0 spiro atoms. The molecule has 0 aromatic rings. The molecule has 2 fully saturated rings. The maximum absolute atomic E-state index is 12.0. The fourth-order valence-corrected chi connectivity index (χ4v) is 5.39. The van der Waals surface area contributed by atoms with Gasteiger partial charge in [-0.25, -0.2) is 0 Å². The van der Waals surface area contributed by atoms with Crippen molar-refractivity contribution in [2.24, 2.45) is 28.6 Å². The van der Waals surface area contributed by atoms with Gasteiger partial charge in [0.25, 0.3) is 0 Å². The summed E-state index contributed by atoms with van der Waals surface area (Å²) in [6.45, 7) is 12.7. The minimum atomic E-state index is -0.651. The predicted molar refractivity (Wildman–Crippen MR) is 93.1 cm³/mol. The number of hydrogen-bond donors (Lipinski definition) is 2. The highest BCUT2D eigenvalue weighted by Gasteiger charge is 2.57. The molecule has 0 radical (unpaired) electrons. The summed E-state index contributed by atoms with van der Waals surface area (Å²) in [5, 5.41) is 20.4. The first-order valence-electron chi connectivity index (χ1n) is 9.26. The molecule has 0 aromatic heterocycles. The molecule has 0 amide bonds. The van der Waals surface area contributed by atoms with Gasteiger partial charge in [0.2, 0.25) is 0 Å². The van der Waals surface area contributed by atoms with Crippen molar-refractivity contribution in [1.82, 2.24) is 0 Å². The third-order valence-electron chi connectivity index (χ3n) is 7.29. The predicted octanol–water partition coefficient (Wildman–Crippen LogP) is 4.65. The van der Waals surface area contributed by atoms with Gasteiger partial charge in [0.1, 0.15) is 0 Å². The Hall–Kier alpha value is -0.830. The van der Waals surface area contributed by atoms with Crippen molar-refractivity contribution in [3.05, 3.63) is 12.2 Å². The van der Waals surface area contributed by atoms with Crippen LogP contribution in [0, 0.1) is 28.6 Å². The zero-order chi connectivity index (χ0) is 17.4. The Morgan fingerprint density at radius 1 is 1.39 bits per heavy atom. The van der Waals surface area contributed by atoms with Gasteiger partial charge in [-0.3, -0.25) is 4.79 Å². The Balaban J connectivity index is 2.31. The Morgan fingerprint density at radius 2 is 2.04 bits per heavy atom. The molecule has 6 atom stereocenters. The maximum Gasteiger partial charge on any atom is 0.309 e. The molecule has 1 unspecified atom stereocenters. The number of carbonyl (C=O) groups is 1. The molecular weight excluding hydrogens is 288 g/mol. The van der Waals surface area contributed by atoms with Crippen LogP contribution in [0.25, 0.3) is 0 Å². The van der Waals surface area contributed by atoms with Crippen molar-refractivity contribution in [1.29, 1.82) is 0 Å². The first-order valence-corrected chi connectivity index (χ1v) is 9.26. The fraction of sp³-hybridized carbons (Fsp3) is 0.850. The van der Waals surface area contributed by atoms with Gasteiger partial charge < -0.3 is 10.2 Å². The van der Waals surface area contributed by atoms with E-state index in [4.69, 9.17) is 0 Å². The van der Waals surface area contributed by atoms with E-state index in [-0.39, 0.29) is 29.3 Å². The average molecular weight is 322 g/mol. The summed E-state index contributed by atoms with van der Waals surface area (Å²) in [6, 6.07) is 0. The van der Waals surface area contributed by atoms with E-state index in [1.807, 2.05) is 6.92 Å². The van der Waals surface area contributed by atoms with Gasteiger partial charge in [0.05, 0.1) is 11.5 Å². The standard InChI is InChI=1S/C20H34O3/c1-6-13(2)16(21)12-15-14(3)8-9-17-19(15,4)10-7-11-20(17,5)18(22)23/h13,15-17,21H,3,6-12H2,1-2,4-5H3,(H,22,23)/t13-,15-,16?,17+,19+,20-/m0/s1. The first kappa shape index (κ1) is 18.5. The number of aliphatic carboxylic acids is 1. The van der Waals surface area contributed by atoms with Gasteiger partial charge in [-0.2, -0.15) is 0 Å². The molecule has 2 saturated carbocycles. The van der Waals surface area contributed by atoms with E-state index in [1.165, 1.54) is 5.57 Å². The van der Waals surface area contributed by atoms with Gasteiger partial charge in [0.15, 0.2) is 0 Å².